The Hall–Kier alpha value is -2.36. The number of hydrogen-bond donors (Lipinski definition) is 2. The lowest BCUT2D eigenvalue weighted by Crippen LogP contribution is -2.65. The first-order chi connectivity index (χ1) is 19.2. The van der Waals surface area contributed by atoms with Gasteiger partial charge >= 0.3 is 5.97 Å². The quantitative estimate of drug-likeness (QED) is 0.346. The van der Waals surface area contributed by atoms with Crippen LogP contribution in [0.5, 0.6) is 0 Å². The first kappa shape index (κ1) is 27.5. The van der Waals surface area contributed by atoms with Crippen molar-refractivity contribution in [2.24, 2.45) is 51.2 Å². The summed E-state index contributed by atoms with van der Waals surface area (Å²) in [6.07, 6.45) is 10.7. The van der Waals surface area contributed by atoms with Gasteiger partial charge in [0.2, 0.25) is 0 Å². The summed E-state index contributed by atoms with van der Waals surface area (Å²) in [5.41, 5.74) is 12.5. The van der Waals surface area contributed by atoms with E-state index in [4.69, 9.17) is 10.7 Å². The average molecular weight is 555 g/mol. The Morgan fingerprint density at radius 1 is 0.976 bits per heavy atom. The molecular formula is C37H50N2O2. The monoisotopic (exact) mass is 554 g/mol. The molecule has 3 fully saturated rings. The van der Waals surface area contributed by atoms with Gasteiger partial charge in [-0.05, 0) is 109 Å². The van der Waals surface area contributed by atoms with Gasteiger partial charge in [0.1, 0.15) is 0 Å². The topological polar surface area (TPSA) is 76.2 Å². The third-order valence-electron chi connectivity index (χ3n) is 14.8. The predicted molar refractivity (Wildman–Crippen MR) is 166 cm³/mol. The Morgan fingerprint density at radius 2 is 1.71 bits per heavy atom. The number of carboxylic acid groups (broad SMARTS) is 1. The van der Waals surface area contributed by atoms with Crippen LogP contribution in [-0.2, 0) is 16.6 Å². The van der Waals surface area contributed by atoms with Crippen LogP contribution >= 0.6 is 0 Å². The number of nitrogen functional groups attached to an aromatic ring is 1. The van der Waals surface area contributed by atoms with Gasteiger partial charge in [-0.15, -0.1) is 0 Å². The van der Waals surface area contributed by atoms with E-state index in [1.54, 1.807) is 0 Å². The molecule has 0 saturated heterocycles. The van der Waals surface area contributed by atoms with Gasteiger partial charge < -0.3 is 10.8 Å². The highest BCUT2D eigenvalue weighted by molar-refractivity contribution is 5.92. The second-order valence-corrected chi connectivity index (χ2v) is 16.4. The number of fused-ring (bicyclic) bond motifs is 9. The van der Waals surface area contributed by atoms with E-state index in [2.05, 4.69) is 78.8 Å². The van der Waals surface area contributed by atoms with Gasteiger partial charge in [-0.25, -0.2) is 0 Å². The molecule has 1 aromatic heterocycles. The van der Waals surface area contributed by atoms with Gasteiger partial charge in [0.25, 0.3) is 0 Å². The molecule has 0 spiro atoms. The molecule has 3 N–H and O–H groups in total. The maximum Gasteiger partial charge on any atom is 0.310 e. The van der Waals surface area contributed by atoms with Gasteiger partial charge in [0, 0.05) is 16.5 Å². The third kappa shape index (κ3) is 3.18. The summed E-state index contributed by atoms with van der Waals surface area (Å²) in [4.78, 5) is 18.3. The fourth-order valence-corrected chi connectivity index (χ4v) is 12.2. The molecule has 7 rings (SSSR count). The van der Waals surface area contributed by atoms with Crippen molar-refractivity contribution < 1.29 is 9.90 Å². The van der Waals surface area contributed by atoms with E-state index in [0.29, 0.717) is 23.7 Å². The summed E-state index contributed by atoms with van der Waals surface area (Å²) >= 11 is 0. The summed E-state index contributed by atoms with van der Waals surface area (Å²) in [6, 6.07) is 8.38. The molecule has 4 nitrogen and oxygen atoms in total. The van der Waals surface area contributed by atoms with Crippen LogP contribution in [0.25, 0.3) is 10.9 Å². The molecule has 0 amide bonds. The molecule has 3 saturated carbocycles. The van der Waals surface area contributed by atoms with E-state index in [0.717, 1.165) is 55.1 Å². The van der Waals surface area contributed by atoms with E-state index in [1.165, 1.54) is 29.7 Å². The molecule has 5 aliphatic rings. The van der Waals surface area contributed by atoms with Crippen LogP contribution in [0.3, 0.4) is 0 Å². The third-order valence-corrected chi connectivity index (χ3v) is 14.8. The SMILES string of the molecule is C[C@H]1[C@H](C)CC[C@]2(C(=O)O)CC[C@]3(C)C(=CC[C@@H]4[C@@]5(C)Cc6c(nc7ccccc7c6N)C(C)(C)[C@@H]5CC[C@]43C)[C@H]12. The van der Waals surface area contributed by atoms with Crippen LogP contribution < -0.4 is 5.73 Å². The molecule has 4 heteroatoms. The summed E-state index contributed by atoms with van der Waals surface area (Å²) in [6.45, 7) is 17.3. The molecular weight excluding hydrogens is 504 g/mol. The minimum atomic E-state index is -0.589. The van der Waals surface area contributed by atoms with Crippen molar-refractivity contribution in [3.8, 4) is 0 Å². The number of aromatic nitrogens is 1. The number of benzene rings is 1. The van der Waals surface area contributed by atoms with Crippen molar-refractivity contribution in [2.45, 2.75) is 105 Å². The first-order valence-electron chi connectivity index (χ1n) is 16.3. The van der Waals surface area contributed by atoms with Crippen molar-refractivity contribution in [3.05, 3.63) is 47.2 Å². The normalized spacial score (nSPS) is 44.5. The fourth-order valence-electron chi connectivity index (χ4n) is 12.2. The molecule has 2 aromatic rings. The number of hydrogen-bond acceptors (Lipinski definition) is 3. The van der Waals surface area contributed by atoms with Crippen molar-refractivity contribution >= 4 is 22.6 Å². The Kier molecular flexibility index (Phi) is 5.62. The van der Waals surface area contributed by atoms with Crippen LogP contribution in [0.2, 0.25) is 0 Å². The van der Waals surface area contributed by atoms with E-state index in [1.807, 2.05) is 0 Å². The van der Waals surface area contributed by atoms with Gasteiger partial charge in [0.15, 0.2) is 0 Å². The van der Waals surface area contributed by atoms with Crippen LogP contribution in [0.4, 0.5) is 5.69 Å². The molecule has 1 aromatic carbocycles. The zero-order valence-corrected chi connectivity index (χ0v) is 26.3. The highest BCUT2D eigenvalue weighted by Gasteiger charge is 2.69. The summed E-state index contributed by atoms with van der Waals surface area (Å²) < 4.78 is 0. The molecule has 0 unspecified atom stereocenters. The number of aliphatic carboxylic acids is 1. The maximum absolute atomic E-state index is 13.0. The van der Waals surface area contributed by atoms with Crippen LogP contribution in [0.15, 0.2) is 35.9 Å². The molecule has 0 aliphatic heterocycles. The number of allylic oxidation sites excluding steroid dienone is 2. The number of nitrogens with zero attached hydrogens (tertiary/aromatic N) is 1. The van der Waals surface area contributed by atoms with Gasteiger partial charge in [-0.3, -0.25) is 9.78 Å². The van der Waals surface area contributed by atoms with Crippen LogP contribution in [0.1, 0.15) is 105 Å². The van der Waals surface area contributed by atoms with E-state index in [-0.39, 0.29) is 27.6 Å². The van der Waals surface area contributed by atoms with Gasteiger partial charge in [0.05, 0.1) is 16.6 Å². The molecule has 9 atom stereocenters. The summed E-state index contributed by atoms with van der Waals surface area (Å²) in [7, 11) is 0. The number of carboxylic acids is 1. The fraction of sp³-hybridized carbons (Fsp3) is 0.676. The van der Waals surface area contributed by atoms with Crippen LogP contribution in [-0.4, -0.2) is 16.1 Å². The highest BCUT2D eigenvalue weighted by atomic mass is 16.4. The Morgan fingerprint density at radius 3 is 2.44 bits per heavy atom. The van der Waals surface area contributed by atoms with Gasteiger partial charge in [-0.2, -0.15) is 0 Å². The molecule has 1 heterocycles. The van der Waals surface area contributed by atoms with Crippen molar-refractivity contribution in [2.75, 3.05) is 5.73 Å². The lowest BCUT2D eigenvalue weighted by Gasteiger charge is -2.70. The van der Waals surface area contributed by atoms with Crippen molar-refractivity contribution in [3.63, 3.8) is 0 Å². The Balaban J connectivity index is 1.37. The lowest BCUT2D eigenvalue weighted by atomic mass is 9.33. The van der Waals surface area contributed by atoms with E-state index >= 15 is 0 Å². The average Bonchev–Trinajstić information content (AvgIpc) is 2.92. The molecule has 0 bridgehead atoms. The first-order valence-corrected chi connectivity index (χ1v) is 16.3. The second-order valence-electron chi connectivity index (χ2n) is 16.4. The highest BCUT2D eigenvalue weighted by Crippen LogP contribution is 2.75. The Bertz CT molecular complexity index is 1490. The smallest absolute Gasteiger partial charge is 0.310 e. The molecule has 220 valence electrons. The number of pyridine rings is 1. The minimum absolute atomic E-state index is 0.0242. The number of nitrogens with two attached hydrogens (primary N) is 1. The summed E-state index contributed by atoms with van der Waals surface area (Å²) in [5.74, 6) is 1.62. The van der Waals surface area contributed by atoms with Crippen molar-refractivity contribution in [1.82, 2.24) is 4.98 Å². The second kappa shape index (κ2) is 8.38. The number of anilines is 1. The number of rotatable bonds is 1. The Labute approximate surface area is 246 Å². The van der Waals surface area contributed by atoms with E-state index < -0.39 is 11.4 Å². The predicted octanol–water partition coefficient (Wildman–Crippen LogP) is 8.57. The van der Waals surface area contributed by atoms with E-state index in [9.17, 15) is 9.90 Å². The van der Waals surface area contributed by atoms with Crippen LogP contribution in [0, 0.1) is 51.2 Å². The molecule has 41 heavy (non-hydrogen) atoms. The maximum atomic E-state index is 13.0. The number of para-hydroxylation sites is 1. The summed E-state index contributed by atoms with van der Waals surface area (Å²) in [5, 5.41) is 11.8. The van der Waals surface area contributed by atoms with Crippen molar-refractivity contribution in [1.29, 1.82) is 0 Å². The lowest BCUT2D eigenvalue weighted by molar-refractivity contribution is -0.179. The molecule has 5 aliphatic carbocycles. The zero-order chi connectivity index (χ0) is 29.3. The van der Waals surface area contributed by atoms with Gasteiger partial charge in [-0.1, -0.05) is 78.3 Å². The zero-order valence-electron chi connectivity index (χ0n) is 26.3. The standard InChI is InChI=1S/C37H50N2O2/c1-21-14-17-37(32(40)41)19-18-35(6)25(29(37)22(21)2)12-13-28-34(5)20-24-30(38)23-10-8-9-11-26(23)39-31(24)33(3,4)27(34)15-16-36(28,35)7/h8-12,21-22,27-29H,13-20H2,1-7H3,(H2,38,39)(H,40,41)/t21-,22+,27+,28-,29+,34+,35-,36-,37+/m1/s1. The minimum Gasteiger partial charge on any atom is -0.481 e. The number of carbonyl (C=O) groups is 1. The molecule has 0 radical (unpaired) electrons. The largest absolute Gasteiger partial charge is 0.481 e.